The molecular formula is C26H21F3N6O3. The van der Waals surface area contributed by atoms with Gasteiger partial charge in [-0.25, -0.2) is 15.0 Å². The second kappa shape index (κ2) is 8.54. The highest BCUT2D eigenvalue weighted by Crippen LogP contribution is 2.62. The van der Waals surface area contributed by atoms with E-state index in [1.165, 1.54) is 12.1 Å². The topological polar surface area (TPSA) is 136 Å². The molecule has 9 nitrogen and oxygen atoms in total. The van der Waals surface area contributed by atoms with Crippen LogP contribution in [0.1, 0.15) is 40.5 Å². The molecule has 3 aromatic heterocycles. The van der Waals surface area contributed by atoms with Crippen LogP contribution in [0.3, 0.4) is 0 Å². The molecule has 2 saturated carbocycles. The van der Waals surface area contributed by atoms with Gasteiger partial charge in [0, 0.05) is 35.6 Å². The van der Waals surface area contributed by atoms with Crippen LogP contribution in [0.2, 0.25) is 0 Å². The number of nitrogens with two attached hydrogens (primary N) is 1. The Kier molecular flexibility index (Phi) is 5.37. The summed E-state index contributed by atoms with van der Waals surface area (Å²) in [6.07, 6.45) is 1.28. The van der Waals surface area contributed by atoms with Gasteiger partial charge in [-0.05, 0) is 48.9 Å². The van der Waals surface area contributed by atoms with E-state index in [1.54, 1.807) is 24.5 Å². The summed E-state index contributed by atoms with van der Waals surface area (Å²) in [7, 11) is 0. The number of pyridine rings is 1. The number of nitrogens with one attached hydrogen (secondary N) is 1. The Morgan fingerprint density at radius 2 is 1.76 bits per heavy atom. The summed E-state index contributed by atoms with van der Waals surface area (Å²) >= 11 is 0. The third kappa shape index (κ3) is 4.01. The second-order valence-electron chi connectivity index (χ2n) is 9.67. The number of carboxylic acid groups (broad SMARTS) is 1. The Morgan fingerprint density at radius 3 is 2.42 bits per heavy atom. The molecule has 2 fully saturated rings. The van der Waals surface area contributed by atoms with Crippen molar-refractivity contribution in [2.75, 3.05) is 11.1 Å². The van der Waals surface area contributed by atoms with Gasteiger partial charge >= 0.3 is 12.1 Å². The average molecular weight is 522 g/mol. The first kappa shape index (κ1) is 23.9. The van der Waals surface area contributed by atoms with Crippen molar-refractivity contribution in [3.63, 3.8) is 0 Å². The van der Waals surface area contributed by atoms with Gasteiger partial charge in [-0.1, -0.05) is 12.1 Å². The number of aromatic nitrogens is 4. The van der Waals surface area contributed by atoms with Crippen molar-refractivity contribution in [1.82, 2.24) is 19.4 Å². The number of amides is 1. The van der Waals surface area contributed by atoms with E-state index in [4.69, 9.17) is 10.7 Å². The SMILES string of the molecule is Nc1nccn2c(C3CC4C(C3)C4C(=O)O)nc(-c3ccc(C(=O)Nc4cc(C(F)(F)F)ccn4)cc3)c12. The molecule has 1 amide bonds. The first-order valence-electron chi connectivity index (χ1n) is 11.9. The Morgan fingerprint density at radius 1 is 1.05 bits per heavy atom. The fourth-order valence-electron chi connectivity index (χ4n) is 5.64. The number of carboxylic acids is 1. The molecule has 2 aliphatic rings. The average Bonchev–Trinajstić information content (AvgIpc) is 3.20. The number of hydrogen-bond donors (Lipinski definition) is 3. The summed E-state index contributed by atoms with van der Waals surface area (Å²) in [5.74, 6) is -0.345. The van der Waals surface area contributed by atoms with Crippen molar-refractivity contribution in [3.05, 3.63) is 71.9 Å². The number of carbonyl (C=O) groups is 2. The van der Waals surface area contributed by atoms with Crippen LogP contribution in [0.25, 0.3) is 16.8 Å². The van der Waals surface area contributed by atoms with Crippen LogP contribution in [-0.2, 0) is 11.0 Å². The van der Waals surface area contributed by atoms with Crippen molar-refractivity contribution in [1.29, 1.82) is 0 Å². The molecule has 6 rings (SSSR count). The Balaban J connectivity index is 1.26. The van der Waals surface area contributed by atoms with E-state index in [1.807, 2.05) is 4.40 Å². The summed E-state index contributed by atoms with van der Waals surface area (Å²) in [5, 5.41) is 11.7. The predicted molar refractivity (Wildman–Crippen MR) is 130 cm³/mol. The van der Waals surface area contributed by atoms with Crippen LogP contribution >= 0.6 is 0 Å². The molecule has 0 saturated heterocycles. The molecule has 2 aliphatic carbocycles. The van der Waals surface area contributed by atoms with E-state index in [0.29, 0.717) is 16.8 Å². The van der Waals surface area contributed by atoms with Crippen LogP contribution in [0, 0.1) is 17.8 Å². The second-order valence-corrected chi connectivity index (χ2v) is 9.67. The van der Waals surface area contributed by atoms with Gasteiger partial charge in [-0.3, -0.25) is 14.0 Å². The van der Waals surface area contributed by atoms with E-state index in [-0.39, 0.29) is 40.9 Å². The van der Waals surface area contributed by atoms with Gasteiger partial charge < -0.3 is 16.2 Å². The Hall–Kier alpha value is -4.48. The quantitative estimate of drug-likeness (QED) is 0.352. The van der Waals surface area contributed by atoms with Crippen LogP contribution in [0.5, 0.6) is 0 Å². The molecule has 2 unspecified atom stereocenters. The zero-order valence-electron chi connectivity index (χ0n) is 19.7. The summed E-state index contributed by atoms with van der Waals surface area (Å²) in [6, 6.07) is 8.04. The number of nitrogen functional groups attached to an aromatic ring is 1. The maximum Gasteiger partial charge on any atom is 0.416 e. The number of rotatable bonds is 5. The van der Waals surface area contributed by atoms with Gasteiger partial charge in [-0.2, -0.15) is 13.2 Å². The molecule has 0 radical (unpaired) electrons. The molecule has 1 aromatic carbocycles. The lowest BCUT2D eigenvalue weighted by atomic mass is 9.99. The summed E-state index contributed by atoms with van der Waals surface area (Å²) < 4.78 is 40.8. The molecule has 38 heavy (non-hydrogen) atoms. The highest BCUT2D eigenvalue weighted by molar-refractivity contribution is 6.04. The maximum absolute atomic E-state index is 13.0. The molecule has 0 bridgehead atoms. The summed E-state index contributed by atoms with van der Waals surface area (Å²) in [5.41, 5.74) is 7.38. The Labute approximate surface area is 213 Å². The van der Waals surface area contributed by atoms with Gasteiger partial charge in [0.15, 0.2) is 0 Å². The van der Waals surface area contributed by atoms with Gasteiger partial charge in [0.1, 0.15) is 28.7 Å². The number of carbonyl (C=O) groups excluding carboxylic acids is 1. The molecule has 4 N–H and O–H groups in total. The molecule has 0 spiro atoms. The van der Waals surface area contributed by atoms with Crippen molar-refractivity contribution in [2.45, 2.75) is 24.9 Å². The largest absolute Gasteiger partial charge is 0.481 e. The highest BCUT2D eigenvalue weighted by Gasteiger charge is 2.60. The van der Waals surface area contributed by atoms with Gasteiger partial charge in [0.25, 0.3) is 5.91 Å². The molecule has 2 atom stereocenters. The van der Waals surface area contributed by atoms with E-state index in [0.717, 1.165) is 37.0 Å². The minimum absolute atomic E-state index is 0.0914. The fourth-order valence-corrected chi connectivity index (χ4v) is 5.64. The lowest BCUT2D eigenvalue weighted by Gasteiger charge is -2.12. The molecule has 4 aromatic rings. The number of nitrogens with zero attached hydrogens (tertiary/aromatic N) is 4. The minimum atomic E-state index is -4.55. The van der Waals surface area contributed by atoms with Crippen LogP contribution < -0.4 is 11.1 Å². The lowest BCUT2D eigenvalue weighted by molar-refractivity contribution is -0.139. The number of imidazole rings is 1. The predicted octanol–water partition coefficient (Wildman–Crippen LogP) is 4.47. The number of benzene rings is 1. The zero-order chi connectivity index (χ0) is 26.8. The lowest BCUT2D eigenvalue weighted by Crippen LogP contribution is -2.14. The highest BCUT2D eigenvalue weighted by atomic mass is 19.4. The van der Waals surface area contributed by atoms with Crippen molar-refractivity contribution >= 4 is 29.0 Å². The fraction of sp³-hybridized carbons (Fsp3) is 0.269. The smallest absolute Gasteiger partial charge is 0.416 e. The first-order valence-corrected chi connectivity index (χ1v) is 11.9. The summed E-state index contributed by atoms with van der Waals surface area (Å²) in [6.45, 7) is 0. The molecule has 194 valence electrons. The van der Waals surface area contributed by atoms with Gasteiger partial charge in [0.2, 0.25) is 0 Å². The molecule has 3 heterocycles. The first-order chi connectivity index (χ1) is 18.1. The standard InChI is InChI=1S/C26H21F3N6O3/c27-26(28,29)15-5-6-31-18(11-15)33-24(36)13-3-1-12(2-4-13)20-21-22(30)32-7-8-35(21)23(34-20)14-9-16-17(10-14)19(16)25(37)38/h1-8,11,14,16-17,19H,9-10H2,(H2,30,32)(H,37,38)(H,31,33,36). The number of halogens is 3. The van der Waals surface area contributed by atoms with Crippen molar-refractivity contribution in [2.24, 2.45) is 17.8 Å². The van der Waals surface area contributed by atoms with E-state index in [2.05, 4.69) is 15.3 Å². The minimum Gasteiger partial charge on any atom is -0.481 e. The third-order valence-corrected chi connectivity index (χ3v) is 7.46. The number of anilines is 2. The normalized spacial score (nSPS) is 22.3. The summed E-state index contributed by atoms with van der Waals surface area (Å²) in [4.78, 5) is 36.9. The van der Waals surface area contributed by atoms with E-state index >= 15 is 0 Å². The molecular weight excluding hydrogens is 501 g/mol. The van der Waals surface area contributed by atoms with Crippen LogP contribution in [0.4, 0.5) is 24.8 Å². The molecule has 0 aliphatic heterocycles. The molecule has 12 heteroatoms. The third-order valence-electron chi connectivity index (χ3n) is 7.46. The number of alkyl halides is 3. The Bertz CT molecular complexity index is 1570. The van der Waals surface area contributed by atoms with Gasteiger partial charge in [-0.15, -0.1) is 0 Å². The number of hydrogen-bond acceptors (Lipinski definition) is 6. The number of aliphatic carboxylic acids is 1. The monoisotopic (exact) mass is 522 g/mol. The van der Waals surface area contributed by atoms with Crippen molar-refractivity contribution in [3.8, 4) is 11.3 Å². The number of fused-ring (bicyclic) bond motifs is 2. The van der Waals surface area contributed by atoms with Crippen LogP contribution in [-0.4, -0.2) is 36.3 Å². The maximum atomic E-state index is 13.0. The van der Waals surface area contributed by atoms with Crippen LogP contribution in [0.15, 0.2) is 55.0 Å². The van der Waals surface area contributed by atoms with E-state index < -0.39 is 23.6 Å². The zero-order valence-corrected chi connectivity index (χ0v) is 19.7. The van der Waals surface area contributed by atoms with E-state index in [9.17, 15) is 27.9 Å². The van der Waals surface area contributed by atoms with Gasteiger partial charge in [0.05, 0.1) is 11.5 Å². The van der Waals surface area contributed by atoms with Crippen molar-refractivity contribution < 1.29 is 27.9 Å².